The van der Waals surface area contributed by atoms with Crippen LogP contribution in [0.3, 0.4) is 0 Å². The van der Waals surface area contributed by atoms with Crippen LogP contribution in [0.4, 0.5) is 0 Å². The fraction of sp³-hybridized carbons (Fsp3) is 0.611. The Morgan fingerprint density at radius 3 is 2.58 bits per heavy atom. The molecule has 1 aromatic carbocycles. The lowest BCUT2D eigenvalue weighted by Crippen LogP contribution is -2.44. The van der Waals surface area contributed by atoms with Gasteiger partial charge in [0.2, 0.25) is 0 Å². The summed E-state index contributed by atoms with van der Waals surface area (Å²) in [5.74, 6) is 0.812. The third-order valence-electron chi connectivity index (χ3n) is 3.71. The largest absolute Gasteiger partial charge is 0.382 e. The quantitative estimate of drug-likeness (QED) is 0.360. The van der Waals surface area contributed by atoms with Gasteiger partial charge in [0.15, 0.2) is 5.96 Å². The van der Waals surface area contributed by atoms with Gasteiger partial charge in [0.25, 0.3) is 0 Å². The molecule has 0 aliphatic rings. The molecule has 2 N–H and O–H groups in total. The van der Waals surface area contributed by atoms with Crippen LogP contribution in [0.5, 0.6) is 0 Å². The zero-order chi connectivity index (χ0) is 17.8. The molecule has 0 aliphatic heterocycles. The molecule has 0 unspecified atom stereocenters. The van der Waals surface area contributed by atoms with Gasteiger partial charge in [0.1, 0.15) is 0 Å². The SMILES string of the molecule is CN=C(NCCCOCCOC)NCC(C)(C)c1ccccc1Br. The molecule has 0 aliphatic carbocycles. The average Bonchev–Trinajstić information content (AvgIpc) is 2.57. The third kappa shape index (κ3) is 7.64. The summed E-state index contributed by atoms with van der Waals surface area (Å²) in [5.41, 5.74) is 1.26. The number of guanidine groups is 1. The van der Waals surface area contributed by atoms with Gasteiger partial charge in [0, 0.05) is 43.7 Å². The number of hydrogen-bond acceptors (Lipinski definition) is 3. The van der Waals surface area contributed by atoms with Crippen LogP contribution >= 0.6 is 15.9 Å². The Morgan fingerprint density at radius 1 is 1.17 bits per heavy atom. The van der Waals surface area contributed by atoms with Crippen LogP contribution in [-0.2, 0) is 14.9 Å². The van der Waals surface area contributed by atoms with Crippen molar-refractivity contribution in [3.63, 3.8) is 0 Å². The average molecular weight is 400 g/mol. The van der Waals surface area contributed by atoms with Gasteiger partial charge in [-0.15, -0.1) is 0 Å². The number of nitrogens with one attached hydrogen (secondary N) is 2. The van der Waals surface area contributed by atoms with Crippen molar-refractivity contribution in [3.05, 3.63) is 34.3 Å². The molecule has 0 radical (unpaired) electrons. The van der Waals surface area contributed by atoms with Crippen LogP contribution in [0.1, 0.15) is 25.8 Å². The van der Waals surface area contributed by atoms with E-state index in [1.807, 2.05) is 6.07 Å². The normalized spacial score (nSPS) is 12.3. The lowest BCUT2D eigenvalue weighted by molar-refractivity contribution is 0.0698. The molecular weight excluding hydrogens is 370 g/mol. The standard InChI is InChI=1S/C18H30BrN3O2/c1-18(2,15-8-5-6-9-16(15)19)14-22-17(20-3)21-10-7-11-24-13-12-23-4/h5-6,8-9H,7,10-14H2,1-4H3,(H2,20,21,22). The van der Waals surface area contributed by atoms with E-state index in [2.05, 4.69) is 63.6 Å². The summed E-state index contributed by atoms with van der Waals surface area (Å²) in [6.07, 6.45) is 0.929. The van der Waals surface area contributed by atoms with Crippen molar-refractivity contribution < 1.29 is 9.47 Å². The predicted molar refractivity (Wildman–Crippen MR) is 104 cm³/mol. The highest BCUT2D eigenvalue weighted by Gasteiger charge is 2.23. The van der Waals surface area contributed by atoms with Crippen molar-refractivity contribution in [2.75, 3.05) is 47.1 Å². The summed E-state index contributed by atoms with van der Waals surface area (Å²) in [7, 11) is 3.46. The Morgan fingerprint density at radius 2 is 1.92 bits per heavy atom. The van der Waals surface area contributed by atoms with Gasteiger partial charge in [-0.2, -0.15) is 0 Å². The smallest absolute Gasteiger partial charge is 0.191 e. The van der Waals surface area contributed by atoms with E-state index < -0.39 is 0 Å². The Bertz CT molecular complexity index is 507. The van der Waals surface area contributed by atoms with Crippen LogP contribution in [0.2, 0.25) is 0 Å². The maximum Gasteiger partial charge on any atom is 0.191 e. The molecule has 1 aromatic rings. The molecule has 0 aromatic heterocycles. The lowest BCUT2D eigenvalue weighted by atomic mass is 9.84. The van der Waals surface area contributed by atoms with E-state index in [0.29, 0.717) is 13.2 Å². The fourth-order valence-electron chi connectivity index (χ4n) is 2.26. The summed E-state index contributed by atoms with van der Waals surface area (Å²) < 4.78 is 11.5. The molecule has 0 saturated heterocycles. The monoisotopic (exact) mass is 399 g/mol. The Labute approximate surface area is 154 Å². The molecule has 0 bridgehead atoms. The lowest BCUT2D eigenvalue weighted by Gasteiger charge is -2.27. The van der Waals surface area contributed by atoms with Crippen LogP contribution in [0.25, 0.3) is 0 Å². The van der Waals surface area contributed by atoms with Gasteiger partial charge in [-0.25, -0.2) is 0 Å². The van der Waals surface area contributed by atoms with Crippen molar-refractivity contribution in [1.82, 2.24) is 10.6 Å². The predicted octanol–water partition coefficient (Wildman–Crippen LogP) is 2.94. The number of nitrogens with zero attached hydrogens (tertiary/aromatic N) is 1. The van der Waals surface area contributed by atoms with Crippen molar-refractivity contribution in [2.45, 2.75) is 25.7 Å². The minimum atomic E-state index is -0.0129. The minimum absolute atomic E-state index is 0.0129. The number of ether oxygens (including phenoxy) is 2. The first kappa shape index (κ1) is 20.9. The molecule has 0 heterocycles. The van der Waals surface area contributed by atoms with Crippen molar-refractivity contribution in [1.29, 1.82) is 0 Å². The van der Waals surface area contributed by atoms with Gasteiger partial charge in [-0.05, 0) is 18.1 Å². The van der Waals surface area contributed by atoms with Crippen LogP contribution in [0.15, 0.2) is 33.7 Å². The summed E-state index contributed by atoms with van der Waals surface area (Å²) in [5, 5.41) is 6.72. The number of halogens is 1. The molecule has 0 amide bonds. The van der Waals surface area contributed by atoms with Crippen molar-refractivity contribution >= 4 is 21.9 Å². The van der Waals surface area contributed by atoms with Gasteiger partial charge in [0.05, 0.1) is 13.2 Å². The molecule has 0 spiro atoms. The van der Waals surface area contributed by atoms with E-state index in [0.717, 1.165) is 36.5 Å². The topological polar surface area (TPSA) is 54.9 Å². The second-order valence-electron chi connectivity index (χ2n) is 6.17. The van der Waals surface area contributed by atoms with E-state index in [4.69, 9.17) is 9.47 Å². The number of methoxy groups -OCH3 is 1. The van der Waals surface area contributed by atoms with E-state index in [9.17, 15) is 0 Å². The van der Waals surface area contributed by atoms with Gasteiger partial charge in [-0.1, -0.05) is 48.0 Å². The molecule has 0 fully saturated rings. The van der Waals surface area contributed by atoms with E-state index in [1.165, 1.54) is 5.56 Å². The third-order valence-corrected chi connectivity index (χ3v) is 4.41. The number of benzene rings is 1. The Hall–Kier alpha value is -1.11. The van der Waals surface area contributed by atoms with E-state index in [-0.39, 0.29) is 5.41 Å². The highest BCUT2D eigenvalue weighted by atomic mass is 79.9. The highest BCUT2D eigenvalue weighted by Crippen LogP contribution is 2.29. The summed E-state index contributed by atoms with van der Waals surface area (Å²) >= 11 is 3.64. The van der Waals surface area contributed by atoms with Crippen LogP contribution in [0, 0.1) is 0 Å². The maximum absolute atomic E-state index is 5.44. The first-order valence-electron chi connectivity index (χ1n) is 8.27. The number of rotatable bonds is 10. The van der Waals surface area contributed by atoms with E-state index in [1.54, 1.807) is 14.2 Å². The first-order valence-corrected chi connectivity index (χ1v) is 9.07. The van der Waals surface area contributed by atoms with Gasteiger partial charge in [-0.3, -0.25) is 4.99 Å². The molecule has 24 heavy (non-hydrogen) atoms. The number of aliphatic imine (C=N–C) groups is 1. The molecule has 5 nitrogen and oxygen atoms in total. The summed E-state index contributed by atoms with van der Waals surface area (Å²) in [4.78, 5) is 4.28. The second kappa shape index (κ2) is 11.4. The Balaban J connectivity index is 2.34. The molecule has 1 rings (SSSR count). The van der Waals surface area contributed by atoms with Crippen molar-refractivity contribution in [3.8, 4) is 0 Å². The van der Waals surface area contributed by atoms with Gasteiger partial charge >= 0.3 is 0 Å². The zero-order valence-corrected chi connectivity index (χ0v) is 16.8. The maximum atomic E-state index is 5.44. The Kier molecular flexibility index (Phi) is 9.98. The molecule has 136 valence electrons. The van der Waals surface area contributed by atoms with Crippen LogP contribution in [-0.4, -0.2) is 53.0 Å². The molecule has 0 saturated carbocycles. The fourth-order valence-corrected chi connectivity index (χ4v) is 3.08. The molecule has 6 heteroatoms. The number of hydrogen-bond donors (Lipinski definition) is 2. The second-order valence-corrected chi connectivity index (χ2v) is 7.03. The van der Waals surface area contributed by atoms with Crippen molar-refractivity contribution in [2.24, 2.45) is 4.99 Å². The van der Waals surface area contributed by atoms with E-state index >= 15 is 0 Å². The molecular formula is C18H30BrN3O2. The van der Waals surface area contributed by atoms with Gasteiger partial charge < -0.3 is 20.1 Å². The zero-order valence-electron chi connectivity index (χ0n) is 15.2. The first-order chi connectivity index (χ1) is 11.5. The van der Waals surface area contributed by atoms with Crippen LogP contribution < -0.4 is 10.6 Å². The molecule has 0 atom stereocenters. The minimum Gasteiger partial charge on any atom is -0.382 e. The summed E-state index contributed by atoms with van der Waals surface area (Å²) in [6.45, 7) is 8.05. The summed E-state index contributed by atoms with van der Waals surface area (Å²) in [6, 6.07) is 8.33. The highest BCUT2D eigenvalue weighted by molar-refractivity contribution is 9.10.